The molecule has 2 unspecified atom stereocenters. The summed E-state index contributed by atoms with van der Waals surface area (Å²) in [5.41, 5.74) is 6.52. The second-order valence-corrected chi connectivity index (χ2v) is 6.38. The van der Waals surface area contributed by atoms with Crippen LogP contribution in [0.1, 0.15) is 58.8 Å². The van der Waals surface area contributed by atoms with Crippen molar-refractivity contribution in [2.75, 3.05) is 0 Å². The lowest BCUT2D eigenvalue weighted by Crippen LogP contribution is -2.41. The van der Waals surface area contributed by atoms with Gasteiger partial charge in [0.2, 0.25) is 0 Å². The minimum absolute atomic E-state index is 0.461. The molecule has 2 saturated carbocycles. The summed E-state index contributed by atoms with van der Waals surface area (Å²) in [7, 11) is 0. The summed E-state index contributed by atoms with van der Waals surface area (Å²) in [6, 6.07) is 1.95. The molecule has 2 heteroatoms. The molecule has 2 atom stereocenters. The van der Waals surface area contributed by atoms with Crippen molar-refractivity contribution in [1.82, 2.24) is 5.32 Å². The van der Waals surface area contributed by atoms with Crippen molar-refractivity contribution in [1.29, 1.82) is 0 Å². The maximum Gasteiger partial charge on any atom is 0.00849 e. The minimum Gasteiger partial charge on any atom is -0.328 e. The number of nitrogens with two attached hydrogens (primary N) is 1. The third-order valence-corrected chi connectivity index (χ3v) is 4.28. The summed E-state index contributed by atoms with van der Waals surface area (Å²) in [6.07, 6.45) is 9.18. The van der Waals surface area contributed by atoms with Crippen LogP contribution in [0.4, 0.5) is 0 Å². The highest BCUT2D eigenvalue weighted by Crippen LogP contribution is 2.35. The van der Waals surface area contributed by atoms with Crippen molar-refractivity contribution in [3.63, 3.8) is 0 Å². The zero-order valence-electron chi connectivity index (χ0n) is 10.3. The summed E-state index contributed by atoms with van der Waals surface area (Å²) in [6.45, 7) is 4.80. The largest absolute Gasteiger partial charge is 0.328 e. The Morgan fingerprint density at radius 3 is 2.20 bits per heavy atom. The zero-order chi connectivity index (χ0) is 10.9. The number of rotatable bonds is 2. The first-order chi connectivity index (χ1) is 7.05. The molecule has 2 aliphatic carbocycles. The summed E-state index contributed by atoms with van der Waals surface area (Å²) in [5, 5.41) is 3.81. The molecule has 2 fully saturated rings. The Kier molecular flexibility index (Phi) is 3.36. The van der Waals surface area contributed by atoms with E-state index in [1.165, 1.54) is 44.9 Å². The summed E-state index contributed by atoms with van der Waals surface area (Å²) in [4.78, 5) is 0. The van der Waals surface area contributed by atoms with E-state index in [0.717, 1.165) is 6.04 Å². The van der Waals surface area contributed by atoms with Gasteiger partial charge in [-0.3, -0.25) is 0 Å². The van der Waals surface area contributed by atoms with Gasteiger partial charge in [-0.15, -0.1) is 0 Å². The zero-order valence-corrected chi connectivity index (χ0v) is 10.3. The molecule has 0 aliphatic heterocycles. The van der Waals surface area contributed by atoms with Gasteiger partial charge in [0.05, 0.1) is 0 Å². The highest BCUT2D eigenvalue weighted by atomic mass is 15.0. The van der Waals surface area contributed by atoms with Crippen LogP contribution in [0.3, 0.4) is 0 Å². The molecule has 2 aliphatic rings. The average Bonchev–Trinajstić information content (AvgIpc) is 2.55. The predicted octanol–water partition coefficient (Wildman–Crippen LogP) is 2.42. The Balaban J connectivity index is 1.73. The highest BCUT2D eigenvalue weighted by molar-refractivity contribution is 4.88. The molecular weight excluding hydrogens is 184 g/mol. The molecule has 15 heavy (non-hydrogen) atoms. The van der Waals surface area contributed by atoms with Gasteiger partial charge in [-0.05, 0) is 50.4 Å². The van der Waals surface area contributed by atoms with Crippen molar-refractivity contribution >= 4 is 0 Å². The molecule has 0 bridgehead atoms. The minimum atomic E-state index is 0.461. The molecule has 0 aromatic rings. The molecule has 0 spiro atoms. The monoisotopic (exact) mass is 210 g/mol. The first kappa shape index (κ1) is 11.4. The van der Waals surface area contributed by atoms with Gasteiger partial charge >= 0.3 is 0 Å². The van der Waals surface area contributed by atoms with E-state index in [9.17, 15) is 0 Å². The summed E-state index contributed by atoms with van der Waals surface area (Å²) < 4.78 is 0. The van der Waals surface area contributed by atoms with E-state index in [1.54, 1.807) is 0 Å². The standard InChI is InChI=1S/C13H26N2/c1-13(2)7-5-11(6-8-13)15-12-4-3-10(14)9-12/h10-12,15H,3-9,14H2,1-2H3. The molecule has 88 valence electrons. The normalized spacial score (nSPS) is 37.0. The molecule has 3 N–H and O–H groups in total. The van der Waals surface area contributed by atoms with Crippen LogP contribution >= 0.6 is 0 Å². The van der Waals surface area contributed by atoms with Crippen LogP contribution < -0.4 is 11.1 Å². The van der Waals surface area contributed by atoms with E-state index in [2.05, 4.69) is 19.2 Å². The Bertz CT molecular complexity index is 203. The highest BCUT2D eigenvalue weighted by Gasteiger charge is 2.29. The molecule has 2 rings (SSSR count). The van der Waals surface area contributed by atoms with Gasteiger partial charge in [-0.2, -0.15) is 0 Å². The lowest BCUT2D eigenvalue weighted by atomic mass is 9.75. The SMILES string of the molecule is CC1(C)CCC(NC2CCC(N)C2)CC1. The molecule has 2 nitrogen and oxygen atoms in total. The van der Waals surface area contributed by atoms with Gasteiger partial charge < -0.3 is 11.1 Å². The Morgan fingerprint density at radius 1 is 1.00 bits per heavy atom. The van der Waals surface area contributed by atoms with E-state index < -0.39 is 0 Å². The van der Waals surface area contributed by atoms with E-state index in [1.807, 2.05) is 0 Å². The van der Waals surface area contributed by atoms with Crippen molar-refractivity contribution in [2.24, 2.45) is 11.1 Å². The first-order valence-corrected chi connectivity index (χ1v) is 6.57. The number of hydrogen-bond donors (Lipinski definition) is 2. The average molecular weight is 210 g/mol. The summed E-state index contributed by atoms with van der Waals surface area (Å²) in [5.74, 6) is 0. The second-order valence-electron chi connectivity index (χ2n) is 6.38. The summed E-state index contributed by atoms with van der Waals surface area (Å²) >= 11 is 0. The van der Waals surface area contributed by atoms with Gasteiger partial charge in [0.1, 0.15) is 0 Å². The Labute approximate surface area is 94.0 Å². The van der Waals surface area contributed by atoms with Crippen molar-refractivity contribution in [2.45, 2.75) is 76.9 Å². The van der Waals surface area contributed by atoms with Crippen LogP contribution in [0.15, 0.2) is 0 Å². The van der Waals surface area contributed by atoms with Crippen molar-refractivity contribution < 1.29 is 0 Å². The molecule has 0 radical (unpaired) electrons. The van der Waals surface area contributed by atoms with Crippen LogP contribution in [-0.2, 0) is 0 Å². The van der Waals surface area contributed by atoms with Gasteiger partial charge in [0.25, 0.3) is 0 Å². The molecule has 0 amide bonds. The smallest absolute Gasteiger partial charge is 0.00849 e. The fraction of sp³-hybridized carbons (Fsp3) is 1.00. The van der Waals surface area contributed by atoms with Crippen molar-refractivity contribution in [3.05, 3.63) is 0 Å². The van der Waals surface area contributed by atoms with Gasteiger partial charge in [0.15, 0.2) is 0 Å². The Morgan fingerprint density at radius 2 is 1.67 bits per heavy atom. The molecule has 0 aromatic heterocycles. The van der Waals surface area contributed by atoms with Crippen LogP contribution in [0, 0.1) is 5.41 Å². The third-order valence-electron chi connectivity index (χ3n) is 4.28. The molecular formula is C13H26N2. The van der Waals surface area contributed by atoms with Gasteiger partial charge in [-0.25, -0.2) is 0 Å². The van der Waals surface area contributed by atoms with Gasteiger partial charge in [0, 0.05) is 18.1 Å². The van der Waals surface area contributed by atoms with Gasteiger partial charge in [-0.1, -0.05) is 13.8 Å². The number of nitrogens with one attached hydrogen (secondary N) is 1. The third kappa shape index (κ3) is 3.18. The van der Waals surface area contributed by atoms with Crippen LogP contribution in [0.25, 0.3) is 0 Å². The maximum atomic E-state index is 5.93. The van der Waals surface area contributed by atoms with Crippen LogP contribution in [-0.4, -0.2) is 18.1 Å². The maximum absolute atomic E-state index is 5.93. The topological polar surface area (TPSA) is 38.0 Å². The van der Waals surface area contributed by atoms with Crippen molar-refractivity contribution in [3.8, 4) is 0 Å². The van der Waals surface area contributed by atoms with Crippen LogP contribution in [0.5, 0.6) is 0 Å². The van der Waals surface area contributed by atoms with E-state index in [4.69, 9.17) is 5.73 Å². The second kappa shape index (κ2) is 4.42. The Hall–Kier alpha value is -0.0800. The van der Waals surface area contributed by atoms with E-state index in [0.29, 0.717) is 17.5 Å². The lowest BCUT2D eigenvalue weighted by Gasteiger charge is -2.36. The quantitative estimate of drug-likeness (QED) is 0.734. The molecule has 0 heterocycles. The van der Waals surface area contributed by atoms with E-state index in [-0.39, 0.29) is 0 Å². The molecule has 0 saturated heterocycles. The van der Waals surface area contributed by atoms with Crippen LogP contribution in [0.2, 0.25) is 0 Å². The lowest BCUT2D eigenvalue weighted by molar-refractivity contribution is 0.198. The number of hydrogen-bond acceptors (Lipinski definition) is 2. The predicted molar refractivity (Wildman–Crippen MR) is 64.8 cm³/mol. The van der Waals surface area contributed by atoms with E-state index >= 15 is 0 Å². The molecule has 0 aromatic carbocycles. The first-order valence-electron chi connectivity index (χ1n) is 6.57. The fourth-order valence-corrected chi connectivity index (χ4v) is 3.07. The fourth-order valence-electron chi connectivity index (χ4n) is 3.07.